The van der Waals surface area contributed by atoms with Gasteiger partial charge in [0.1, 0.15) is 5.82 Å². The zero-order valence-electron chi connectivity index (χ0n) is 12.1. The van der Waals surface area contributed by atoms with E-state index < -0.39 is 5.97 Å². The van der Waals surface area contributed by atoms with Gasteiger partial charge in [-0.3, -0.25) is 0 Å². The summed E-state index contributed by atoms with van der Waals surface area (Å²) in [6, 6.07) is 3.58. The van der Waals surface area contributed by atoms with Crippen LogP contribution in [-0.2, 0) is 0 Å². The van der Waals surface area contributed by atoms with Gasteiger partial charge in [-0.15, -0.1) is 0 Å². The number of carbonyl (C=O) groups is 1. The molecule has 0 aromatic carbocycles. The highest BCUT2D eigenvalue weighted by Crippen LogP contribution is 2.11. The van der Waals surface area contributed by atoms with Gasteiger partial charge < -0.3 is 15.3 Å². The van der Waals surface area contributed by atoms with Crippen molar-refractivity contribution < 1.29 is 9.90 Å². The Labute approximate surface area is 114 Å². The van der Waals surface area contributed by atoms with Gasteiger partial charge >= 0.3 is 5.97 Å². The molecule has 0 aliphatic rings. The topological polar surface area (TPSA) is 65.5 Å². The molecule has 0 aliphatic carbocycles. The Kier molecular flexibility index (Phi) is 5.76. The summed E-state index contributed by atoms with van der Waals surface area (Å²) in [6.07, 6.45) is 0. The molecule has 0 saturated heterocycles. The van der Waals surface area contributed by atoms with Gasteiger partial charge in [0.05, 0.1) is 11.3 Å². The summed E-state index contributed by atoms with van der Waals surface area (Å²) in [6.45, 7) is 11.1. The van der Waals surface area contributed by atoms with Crippen LogP contribution >= 0.6 is 0 Å². The molecule has 5 nitrogen and oxygen atoms in total. The summed E-state index contributed by atoms with van der Waals surface area (Å²) < 4.78 is 0. The van der Waals surface area contributed by atoms with Gasteiger partial charge in [-0.05, 0) is 39.1 Å². The van der Waals surface area contributed by atoms with Gasteiger partial charge in [-0.25, -0.2) is 9.78 Å². The van der Waals surface area contributed by atoms with Crippen LogP contribution in [0, 0.1) is 6.92 Å². The molecule has 1 atom stereocenters. The van der Waals surface area contributed by atoms with Crippen LogP contribution in [0.3, 0.4) is 0 Å². The molecule has 1 aromatic rings. The molecule has 2 N–H and O–H groups in total. The number of likely N-dealkylation sites (N-methyl/N-ethyl adjacent to an activating group) is 1. The Balaban J connectivity index is 2.67. The van der Waals surface area contributed by atoms with Crippen LogP contribution in [-0.4, -0.2) is 46.6 Å². The lowest BCUT2D eigenvalue weighted by molar-refractivity contribution is 0.0695. The molecule has 0 bridgehead atoms. The summed E-state index contributed by atoms with van der Waals surface area (Å²) in [7, 11) is 0. The van der Waals surface area contributed by atoms with E-state index in [4.69, 9.17) is 5.11 Å². The van der Waals surface area contributed by atoms with E-state index in [1.807, 2.05) is 0 Å². The predicted molar refractivity (Wildman–Crippen MR) is 76.8 cm³/mol. The van der Waals surface area contributed by atoms with Crippen LogP contribution in [0.4, 0.5) is 5.82 Å². The number of pyridine rings is 1. The number of aromatic carboxylic acids is 1. The van der Waals surface area contributed by atoms with Gasteiger partial charge in [-0.2, -0.15) is 0 Å². The average molecular weight is 265 g/mol. The molecule has 5 heteroatoms. The van der Waals surface area contributed by atoms with Gasteiger partial charge in [0, 0.05) is 12.6 Å². The molecule has 0 fully saturated rings. The summed E-state index contributed by atoms with van der Waals surface area (Å²) in [4.78, 5) is 17.5. The van der Waals surface area contributed by atoms with Crippen LogP contribution in [0.2, 0.25) is 0 Å². The molecule has 0 amide bonds. The molecule has 1 heterocycles. The molecular formula is C14H23N3O2. The van der Waals surface area contributed by atoms with Gasteiger partial charge in [0.15, 0.2) is 0 Å². The van der Waals surface area contributed by atoms with E-state index in [-0.39, 0.29) is 11.6 Å². The number of aryl methyl sites for hydroxylation is 1. The van der Waals surface area contributed by atoms with E-state index in [2.05, 4.69) is 36.0 Å². The zero-order valence-corrected chi connectivity index (χ0v) is 12.1. The maximum Gasteiger partial charge on any atom is 0.337 e. The third-order valence-electron chi connectivity index (χ3n) is 3.14. The minimum Gasteiger partial charge on any atom is -0.478 e. The van der Waals surface area contributed by atoms with Crippen LogP contribution in [0.5, 0.6) is 0 Å². The van der Waals surface area contributed by atoms with Crippen molar-refractivity contribution >= 4 is 11.8 Å². The second-order valence-corrected chi connectivity index (χ2v) is 4.67. The molecule has 19 heavy (non-hydrogen) atoms. The standard InChI is InChI=1S/C14H23N3O2/c1-5-17(6-2)9-10(3)15-13-8-7-12(14(18)19)11(4)16-13/h7-8,10H,5-6,9H2,1-4H3,(H,15,16)(H,18,19). The Bertz CT molecular complexity index is 431. The van der Waals surface area contributed by atoms with Crippen molar-refractivity contribution in [3.8, 4) is 0 Å². The predicted octanol–water partition coefficient (Wildman–Crippen LogP) is 2.23. The molecule has 1 aromatic heterocycles. The van der Waals surface area contributed by atoms with Gasteiger partial charge in [-0.1, -0.05) is 13.8 Å². The first kappa shape index (κ1) is 15.4. The van der Waals surface area contributed by atoms with Crippen molar-refractivity contribution in [2.24, 2.45) is 0 Å². The number of nitrogens with one attached hydrogen (secondary N) is 1. The van der Waals surface area contributed by atoms with Crippen molar-refractivity contribution in [3.05, 3.63) is 23.4 Å². The molecule has 0 aliphatic heterocycles. The Morgan fingerprint density at radius 3 is 2.53 bits per heavy atom. The van der Waals surface area contributed by atoms with Crippen molar-refractivity contribution in [1.29, 1.82) is 0 Å². The molecule has 0 saturated carbocycles. The zero-order chi connectivity index (χ0) is 14.4. The number of nitrogens with zero attached hydrogens (tertiary/aromatic N) is 2. The highest BCUT2D eigenvalue weighted by molar-refractivity contribution is 5.89. The average Bonchev–Trinajstić information content (AvgIpc) is 2.35. The fraction of sp³-hybridized carbons (Fsp3) is 0.571. The highest BCUT2D eigenvalue weighted by Gasteiger charge is 2.11. The second-order valence-electron chi connectivity index (χ2n) is 4.67. The Morgan fingerprint density at radius 1 is 1.42 bits per heavy atom. The lowest BCUT2D eigenvalue weighted by atomic mass is 10.2. The normalized spacial score (nSPS) is 12.5. The maximum absolute atomic E-state index is 10.9. The van der Waals surface area contributed by atoms with Crippen molar-refractivity contribution in [3.63, 3.8) is 0 Å². The van der Waals surface area contributed by atoms with Crippen LogP contribution < -0.4 is 5.32 Å². The number of rotatable bonds is 7. The Morgan fingerprint density at radius 2 is 2.05 bits per heavy atom. The molecular weight excluding hydrogens is 242 g/mol. The lowest BCUT2D eigenvalue weighted by Gasteiger charge is -2.23. The SMILES string of the molecule is CCN(CC)CC(C)Nc1ccc(C(=O)O)c(C)n1. The third kappa shape index (κ3) is 4.52. The highest BCUT2D eigenvalue weighted by atomic mass is 16.4. The summed E-state index contributed by atoms with van der Waals surface area (Å²) >= 11 is 0. The largest absolute Gasteiger partial charge is 0.478 e. The molecule has 1 unspecified atom stereocenters. The van der Waals surface area contributed by atoms with Gasteiger partial charge in [0.2, 0.25) is 0 Å². The van der Waals surface area contributed by atoms with E-state index in [0.717, 1.165) is 25.5 Å². The first-order chi connectivity index (χ1) is 8.97. The lowest BCUT2D eigenvalue weighted by Crippen LogP contribution is -2.35. The summed E-state index contributed by atoms with van der Waals surface area (Å²) in [5, 5.41) is 12.3. The number of carboxylic acids is 1. The number of anilines is 1. The number of hydrogen-bond donors (Lipinski definition) is 2. The molecule has 106 valence electrons. The minimum atomic E-state index is -0.937. The quantitative estimate of drug-likeness (QED) is 0.791. The van der Waals surface area contributed by atoms with Crippen molar-refractivity contribution in [2.45, 2.75) is 33.7 Å². The van der Waals surface area contributed by atoms with E-state index in [1.165, 1.54) is 0 Å². The smallest absolute Gasteiger partial charge is 0.337 e. The number of carboxylic acid groups (broad SMARTS) is 1. The maximum atomic E-state index is 10.9. The number of hydrogen-bond acceptors (Lipinski definition) is 4. The van der Waals surface area contributed by atoms with Gasteiger partial charge in [0.25, 0.3) is 0 Å². The van der Waals surface area contributed by atoms with Crippen LogP contribution in [0.15, 0.2) is 12.1 Å². The van der Waals surface area contributed by atoms with Crippen molar-refractivity contribution in [1.82, 2.24) is 9.88 Å². The van der Waals surface area contributed by atoms with Crippen molar-refractivity contribution in [2.75, 3.05) is 25.0 Å². The fourth-order valence-corrected chi connectivity index (χ4v) is 2.03. The first-order valence-electron chi connectivity index (χ1n) is 6.67. The van der Waals surface area contributed by atoms with E-state index in [1.54, 1.807) is 19.1 Å². The van der Waals surface area contributed by atoms with Crippen LogP contribution in [0.25, 0.3) is 0 Å². The number of aromatic nitrogens is 1. The minimum absolute atomic E-state index is 0.252. The summed E-state index contributed by atoms with van der Waals surface area (Å²) in [5.74, 6) is -0.213. The van der Waals surface area contributed by atoms with Crippen LogP contribution in [0.1, 0.15) is 36.8 Å². The Hall–Kier alpha value is -1.62. The molecule has 0 radical (unpaired) electrons. The molecule has 1 rings (SSSR count). The monoisotopic (exact) mass is 265 g/mol. The van der Waals surface area contributed by atoms with E-state index >= 15 is 0 Å². The van der Waals surface area contributed by atoms with E-state index in [9.17, 15) is 4.79 Å². The third-order valence-corrected chi connectivity index (χ3v) is 3.14. The summed E-state index contributed by atoms with van der Waals surface area (Å²) in [5.41, 5.74) is 0.787. The first-order valence-corrected chi connectivity index (χ1v) is 6.67. The fourth-order valence-electron chi connectivity index (χ4n) is 2.03. The second kappa shape index (κ2) is 7.09. The van der Waals surface area contributed by atoms with E-state index in [0.29, 0.717) is 5.69 Å². The molecule has 0 spiro atoms.